The van der Waals surface area contributed by atoms with Crippen LogP contribution in [0.1, 0.15) is 24.0 Å². The summed E-state index contributed by atoms with van der Waals surface area (Å²) >= 11 is 0. The molecule has 0 saturated carbocycles. The van der Waals surface area contributed by atoms with Crippen LogP contribution in [0.15, 0.2) is 85.0 Å². The van der Waals surface area contributed by atoms with Gasteiger partial charge in [-0.15, -0.1) is 0 Å². The Kier molecular flexibility index (Phi) is 7.72. The van der Waals surface area contributed by atoms with Crippen molar-refractivity contribution in [2.75, 3.05) is 6.54 Å². The Hall–Kier alpha value is -3.18. The molecule has 146 valence electrons. The molecule has 0 saturated heterocycles. The molecule has 3 rings (SSSR count). The Morgan fingerprint density at radius 1 is 0.929 bits per heavy atom. The van der Waals surface area contributed by atoms with Crippen molar-refractivity contribution in [1.82, 2.24) is 0 Å². The highest BCUT2D eigenvalue weighted by Gasteiger charge is 2.34. The molecule has 2 aromatic rings. The monoisotopic (exact) mass is 379 g/mol. The Balaban J connectivity index is 0.000000300. The molecule has 0 aliphatic heterocycles. The van der Waals surface area contributed by atoms with Crippen molar-refractivity contribution in [3.8, 4) is 0 Å². The van der Waals surface area contributed by atoms with Gasteiger partial charge in [-0.1, -0.05) is 72.8 Å². The van der Waals surface area contributed by atoms with Gasteiger partial charge in [0.05, 0.1) is 0 Å². The highest BCUT2D eigenvalue weighted by Crippen LogP contribution is 2.42. The highest BCUT2D eigenvalue weighted by molar-refractivity contribution is 5.89. The number of allylic oxidation sites excluding steroid dienone is 1. The summed E-state index contributed by atoms with van der Waals surface area (Å²) in [5, 5.41) is 15.6. The Labute approximate surface area is 164 Å². The number of carbonyl (C=O) groups is 2. The van der Waals surface area contributed by atoms with Gasteiger partial charge in [-0.2, -0.15) is 0 Å². The number of aliphatic carboxylic acids is 2. The summed E-state index contributed by atoms with van der Waals surface area (Å²) in [6.45, 7) is 0.746. The second-order valence-corrected chi connectivity index (χ2v) is 6.61. The van der Waals surface area contributed by atoms with Crippen LogP contribution < -0.4 is 5.73 Å². The first-order valence-electron chi connectivity index (χ1n) is 9.12. The van der Waals surface area contributed by atoms with Crippen LogP contribution in [0.5, 0.6) is 0 Å². The lowest BCUT2D eigenvalue weighted by molar-refractivity contribution is -0.134. The van der Waals surface area contributed by atoms with Crippen LogP contribution in [0.4, 0.5) is 0 Å². The van der Waals surface area contributed by atoms with Gasteiger partial charge in [0, 0.05) is 17.6 Å². The lowest BCUT2D eigenvalue weighted by Crippen LogP contribution is -2.30. The van der Waals surface area contributed by atoms with E-state index in [9.17, 15) is 9.59 Å². The van der Waals surface area contributed by atoms with Crippen LogP contribution in [0.3, 0.4) is 0 Å². The summed E-state index contributed by atoms with van der Waals surface area (Å²) in [6, 6.07) is 21.6. The minimum Gasteiger partial charge on any atom is -0.478 e. The molecule has 0 aromatic heterocycles. The number of carboxylic acid groups (broad SMARTS) is 2. The van der Waals surface area contributed by atoms with E-state index in [1.807, 2.05) is 0 Å². The molecule has 4 N–H and O–H groups in total. The molecule has 0 spiro atoms. The van der Waals surface area contributed by atoms with E-state index in [1.165, 1.54) is 11.1 Å². The molecular formula is C23H25NO4. The summed E-state index contributed by atoms with van der Waals surface area (Å²) < 4.78 is 0. The first-order valence-corrected chi connectivity index (χ1v) is 9.12. The van der Waals surface area contributed by atoms with Gasteiger partial charge >= 0.3 is 11.9 Å². The lowest BCUT2D eigenvalue weighted by Gasteiger charge is -2.36. The van der Waals surface area contributed by atoms with Crippen LogP contribution >= 0.6 is 0 Å². The van der Waals surface area contributed by atoms with E-state index in [1.54, 1.807) is 0 Å². The topological polar surface area (TPSA) is 101 Å². The molecule has 0 fully saturated rings. The van der Waals surface area contributed by atoms with Gasteiger partial charge in [0.15, 0.2) is 0 Å². The first kappa shape index (κ1) is 21.1. The van der Waals surface area contributed by atoms with Crippen molar-refractivity contribution in [3.05, 3.63) is 96.1 Å². The van der Waals surface area contributed by atoms with Gasteiger partial charge in [0.25, 0.3) is 0 Å². The van der Waals surface area contributed by atoms with Crippen LogP contribution in [0.25, 0.3) is 0 Å². The molecule has 0 radical (unpaired) electrons. The number of carboxylic acids is 2. The molecule has 0 amide bonds. The van der Waals surface area contributed by atoms with Crippen LogP contribution in [0.2, 0.25) is 0 Å². The third-order valence-corrected chi connectivity index (χ3v) is 4.81. The predicted octanol–water partition coefficient (Wildman–Crippen LogP) is 3.61. The molecule has 5 nitrogen and oxygen atoms in total. The van der Waals surface area contributed by atoms with Gasteiger partial charge in [-0.05, 0) is 36.4 Å². The quantitative estimate of drug-likeness (QED) is 0.544. The molecule has 1 atom stereocenters. The van der Waals surface area contributed by atoms with Crippen LogP contribution in [-0.4, -0.2) is 28.7 Å². The van der Waals surface area contributed by atoms with Gasteiger partial charge in [0.2, 0.25) is 0 Å². The largest absolute Gasteiger partial charge is 0.478 e. The Morgan fingerprint density at radius 3 is 1.71 bits per heavy atom. The maximum Gasteiger partial charge on any atom is 0.328 e. The summed E-state index contributed by atoms with van der Waals surface area (Å²) in [4.78, 5) is 19.1. The van der Waals surface area contributed by atoms with Crippen molar-refractivity contribution in [1.29, 1.82) is 0 Å². The third kappa shape index (κ3) is 5.66. The summed E-state index contributed by atoms with van der Waals surface area (Å²) in [6.07, 6.45) is 8.07. The zero-order chi connectivity index (χ0) is 20.4. The molecule has 28 heavy (non-hydrogen) atoms. The number of hydrogen-bond donors (Lipinski definition) is 3. The smallest absolute Gasteiger partial charge is 0.328 e. The minimum atomic E-state index is -1.26. The predicted molar refractivity (Wildman–Crippen MR) is 109 cm³/mol. The fourth-order valence-electron chi connectivity index (χ4n) is 3.35. The Bertz CT molecular complexity index is 773. The van der Waals surface area contributed by atoms with E-state index >= 15 is 0 Å². The summed E-state index contributed by atoms with van der Waals surface area (Å²) in [5.74, 6) is -1.99. The molecule has 1 aliphatic carbocycles. The van der Waals surface area contributed by atoms with Gasteiger partial charge < -0.3 is 15.9 Å². The Morgan fingerprint density at radius 2 is 1.39 bits per heavy atom. The minimum absolute atomic E-state index is 0.00813. The van der Waals surface area contributed by atoms with Gasteiger partial charge in [-0.3, -0.25) is 0 Å². The van der Waals surface area contributed by atoms with Crippen molar-refractivity contribution >= 4 is 11.9 Å². The SMILES string of the molecule is NCC1C=CC(c2ccccc2)(c2ccccc2)CC1.O=C(O)/C=C/C(=O)O. The maximum absolute atomic E-state index is 9.55. The van der Waals surface area contributed by atoms with Crippen molar-refractivity contribution in [2.24, 2.45) is 11.7 Å². The fourth-order valence-corrected chi connectivity index (χ4v) is 3.35. The normalized spacial score (nSPS) is 17.5. The highest BCUT2D eigenvalue weighted by atomic mass is 16.4. The molecular weight excluding hydrogens is 354 g/mol. The number of rotatable bonds is 5. The molecule has 2 aromatic carbocycles. The van der Waals surface area contributed by atoms with E-state index in [-0.39, 0.29) is 5.41 Å². The van der Waals surface area contributed by atoms with E-state index in [0.717, 1.165) is 19.4 Å². The lowest BCUT2D eigenvalue weighted by atomic mass is 9.67. The van der Waals surface area contributed by atoms with Gasteiger partial charge in [-0.25, -0.2) is 9.59 Å². The van der Waals surface area contributed by atoms with E-state index in [4.69, 9.17) is 15.9 Å². The third-order valence-electron chi connectivity index (χ3n) is 4.81. The van der Waals surface area contributed by atoms with Crippen molar-refractivity contribution in [3.63, 3.8) is 0 Å². The van der Waals surface area contributed by atoms with Crippen LogP contribution in [-0.2, 0) is 15.0 Å². The number of nitrogens with two attached hydrogens (primary N) is 1. The van der Waals surface area contributed by atoms with Crippen molar-refractivity contribution in [2.45, 2.75) is 18.3 Å². The first-order chi connectivity index (χ1) is 13.5. The second kappa shape index (κ2) is 10.2. The molecule has 0 heterocycles. The molecule has 1 unspecified atom stereocenters. The van der Waals surface area contributed by atoms with Crippen molar-refractivity contribution < 1.29 is 19.8 Å². The van der Waals surface area contributed by atoms with E-state index in [0.29, 0.717) is 18.1 Å². The fraction of sp³-hybridized carbons (Fsp3) is 0.217. The van der Waals surface area contributed by atoms with E-state index in [2.05, 4.69) is 72.8 Å². The second-order valence-electron chi connectivity index (χ2n) is 6.61. The van der Waals surface area contributed by atoms with Gasteiger partial charge in [0.1, 0.15) is 0 Å². The average Bonchev–Trinajstić information content (AvgIpc) is 2.74. The van der Waals surface area contributed by atoms with Crippen LogP contribution in [0, 0.1) is 5.92 Å². The molecule has 1 aliphatic rings. The molecule has 5 heteroatoms. The number of benzene rings is 2. The maximum atomic E-state index is 9.55. The molecule has 0 bridgehead atoms. The zero-order valence-electron chi connectivity index (χ0n) is 15.6. The average molecular weight is 379 g/mol. The summed E-state index contributed by atoms with van der Waals surface area (Å²) in [7, 11) is 0. The number of hydrogen-bond acceptors (Lipinski definition) is 3. The standard InChI is InChI=1S/C19H21N.C4H4O4/c20-15-16-11-13-19(14-12-16,17-7-3-1-4-8-17)18-9-5-2-6-10-18;5-3(6)1-2-4(7)8/h1-11,13,16H,12,14-15,20H2;1-2H,(H,5,6)(H,7,8)/b;2-1+. The summed E-state index contributed by atoms with van der Waals surface area (Å²) in [5.41, 5.74) is 8.57. The zero-order valence-corrected chi connectivity index (χ0v) is 15.6. The van der Waals surface area contributed by atoms with E-state index < -0.39 is 11.9 Å².